The van der Waals surface area contributed by atoms with E-state index in [0.29, 0.717) is 11.3 Å². The first-order chi connectivity index (χ1) is 16.8. The Hall–Kier alpha value is -4.44. The summed E-state index contributed by atoms with van der Waals surface area (Å²) in [5.41, 5.74) is 2.14. The van der Waals surface area contributed by atoms with Crippen LogP contribution in [0.5, 0.6) is 17.2 Å². The Morgan fingerprint density at radius 2 is 1.38 bits per heavy atom. The van der Waals surface area contributed by atoms with E-state index in [2.05, 4.69) is 4.99 Å². The van der Waals surface area contributed by atoms with Crippen molar-refractivity contribution in [2.75, 3.05) is 0 Å². The van der Waals surface area contributed by atoms with Crippen molar-refractivity contribution in [2.24, 2.45) is 4.99 Å². The first-order valence-electron chi connectivity index (χ1n) is 11.0. The highest BCUT2D eigenvalue weighted by Gasteiger charge is 2.09. The lowest BCUT2D eigenvalue weighted by atomic mass is 10.0. The van der Waals surface area contributed by atoms with Crippen molar-refractivity contribution in [2.45, 2.75) is 6.61 Å². The Bertz CT molecular complexity index is 1430. The summed E-state index contributed by atoms with van der Waals surface area (Å²) in [5, 5.41) is 2.09. The van der Waals surface area contributed by atoms with Gasteiger partial charge in [0, 0.05) is 17.3 Å². The topological polar surface area (TPSA) is 30.8 Å². The van der Waals surface area contributed by atoms with Crippen molar-refractivity contribution >= 4 is 22.7 Å². The molecule has 0 unspecified atom stereocenters. The normalized spacial score (nSPS) is 11.1. The van der Waals surface area contributed by atoms with Crippen molar-refractivity contribution in [3.05, 3.63) is 132 Å². The summed E-state index contributed by atoms with van der Waals surface area (Å²) in [6, 6.07) is 35.8. The van der Waals surface area contributed by atoms with E-state index in [1.165, 1.54) is 6.07 Å². The molecule has 0 aliphatic rings. The molecule has 0 atom stereocenters. The Morgan fingerprint density at radius 3 is 2.21 bits per heavy atom. The number of nitrogens with zero attached hydrogens (tertiary/aromatic N) is 1. The number of hydrogen-bond donors (Lipinski definition) is 0. The third-order valence-corrected chi connectivity index (χ3v) is 5.43. The molecule has 0 aromatic heterocycles. The van der Waals surface area contributed by atoms with E-state index >= 15 is 0 Å². The molecule has 0 heterocycles. The Kier molecular flexibility index (Phi) is 6.30. The van der Waals surface area contributed by atoms with Gasteiger partial charge in [0.25, 0.3) is 0 Å². The summed E-state index contributed by atoms with van der Waals surface area (Å²) in [6.07, 6.45) is 1.80. The molecule has 0 amide bonds. The molecule has 5 aromatic rings. The van der Waals surface area contributed by atoms with Crippen molar-refractivity contribution in [1.29, 1.82) is 0 Å². The van der Waals surface area contributed by atoms with Crippen LogP contribution in [0.25, 0.3) is 10.8 Å². The van der Waals surface area contributed by atoms with Crippen LogP contribution >= 0.6 is 0 Å². The SMILES string of the molecule is Fc1ccccc1COc1ccc2ccccc2c1C=Nc1ccc(Oc2ccccc2)cc1. The second-order valence-electron chi connectivity index (χ2n) is 7.75. The highest BCUT2D eigenvalue weighted by atomic mass is 19.1. The average Bonchev–Trinajstić information content (AvgIpc) is 2.88. The van der Waals surface area contributed by atoms with Gasteiger partial charge in [-0.25, -0.2) is 4.39 Å². The Balaban J connectivity index is 1.40. The van der Waals surface area contributed by atoms with Gasteiger partial charge < -0.3 is 9.47 Å². The average molecular weight is 448 g/mol. The van der Waals surface area contributed by atoms with Gasteiger partial charge in [-0.3, -0.25) is 4.99 Å². The first-order valence-corrected chi connectivity index (χ1v) is 11.0. The summed E-state index contributed by atoms with van der Waals surface area (Å²) in [7, 11) is 0. The van der Waals surface area contributed by atoms with Gasteiger partial charge in [-0.05, 0) is 59.3 Å². The Morgan fingerprint density at radius 1 is 0.676 bits per heavy atom. The predicted molar refractivity (Wildman–Crippen MR) is 135 cm³/mol. The van der Waals surface area contributed by atoms with Crippen LogP contribution < -0.4 is 9.47 Å². The fourth-order valence-electron chi connectivity index (χ4n) is 3.67. The minimum absolute atomic E-state index is 0.136. The largest absolute Gasteiger partial charge is 0.488 e. The molecule has 4 heteroatoms. The molecule has 0 saturated carbocycles. The number of hydrogen-bond acceptors (Lipinski definition) is 3. The molecule has 0 bridgehead atoms. The third-order valence-electron chi connectivity index (χ3n) is 5.43. The maximum Gasteiger partial charge on any atom is 0.129 e. The summed E-state index contributed by atoms with van der Waals surface area (Å²) in [5.74, 6) is 1.89. The van der Waals surface area contributed by atoms with E-state index in [-0.39, 0.29) is 12.4 Å². The lowest BCUT2D eigenvalue weighted by Crippen LogP contribution is -2.01. The maximum atomic E-state index is 14.1. The standard InChI is InChI=1S/C30H22FNO2/c31-29-13-7-5-9-23(29)21-33-30-19-14-22-8-4-6-12-27(22)28(30)20-32-24-15-17-26(18-16-24)34-25-10-2-1-3-11-25/h1-20H,21H2. The van der Waals surface area contributed by atoms with Crippen LogP contribution in [-0.2, 0) is 6.61 Å². The summed E-state index contributed by atoms with van der Waals surface area (Å²) in [6.45, 7) is 0.136. The van der Waals surface area contributed by atoms with Crippen LogP contribution in [0.1, 0.15) is 11.1 Å². The van der Waals surface area contributed by atoms with E-state index in [9.17, 15) is 4.39 Å². The number of halogens is 1. The van der Waals surface area contributed by atoms with E-state index in [4.69, 9.17) is 9.47 Å². The monoisotopic (exact) mass is 447 g/mol. The van der Waals surface area contributed by atoms with Crippen LogP contribution in [-0.4, -0.2) is 6.21 Å². The molecule has 166 valence electrons. The van der Waals surface area contributed by atoms with Gasteiger partial charge in [-0.2, -0.15) is 0 Å². The second kappa shape index (κ2) is 10.0. The fraction of sp³-hybridized carbons (Fsp3) is 0.0333. The van der Waals surface area contributed by atoms with Crippen molar-refractivity contribution in [1.82, 2.24) is 0 Å². The smallest absolute Gasteiger partial charge is 0.129 e. The molecule has 5 rings (SSSR count). The van der Waals surface area contributed by atoms with E-state index in [0.717, 1.165) is 33.5 Å². The number of fused-ring (bicyclic) bond motifs is 1. The van der Waals surface area contributed by atoms with Gasteiger partial charge in [-0.1, -0.05) is 66.7 Å². The highest BCUT2D eigenvalue weighted by Crippen LogP contribution is 2.29. The zero-order valence-electron chi connectivity index (χ0n) is 18.4. The molecule has 0 aliphatic carbocycles. The second-order valence-corrected chi connectivity index (χ2v) is 7.75. The molecule has 3 nitrogen and oxygen atoms in total. The van der Waals surface area contributed by atoms with Crippen molar-refractivity contribution < 1.29 is 13.9 Å². The molecule has 0 N–H and O–H groups in total. The van der Waals surface area contributed by atoms with Gasteiger partial charge in [0.1, 0.15) is 29.7 Å². The van der Waals surface area contributed by atoms with Crippen LogP contribution in [0.15, 0.2) is 120 Å². The predicted octanol–water partition coefficient (Wildman–Crippen LogP) is 8.10. The van der Waals surface area contributed by atoms with E-state index < -0.39 is 0 Å². The molecule has 0 spiro atoms. The van der Waals surface area contributed by atoms with Crippen LogP contribution in [0, 0.1) is 5.82 Å². The molecule has 0 fully saturated rings. The van der Waals surface area contributed by atoms with Crippen LogP contribution in [0.2, 0.25) is 0 Å². The zero-order valence-corrected chi connectivity index (χ0v) is 18.4. The third kappa shape index (κ3) is 4.97. The summed E-state index contributed by atoms with van der Waals surface area (Å²) >= 11 is 0. The lowest BCUT2D eigenvalue weighted by Gasteiger charge is -2.12. The number of aliphatic imine (C=N–C) groups is 1. The minimum Gasteiger partial charge on any atom is -0.488 e. The Labute approximate surface area is 197 Å². The minimum atomic E-state index is -0.281. The van der Waals surface area contributed by atoms with Gasteiger partial charge in [0.15, 0.2) is 0 Å². The van der Waals surface area contributed by atoms with Gasteiger partial charge in [-0.15, -0.1) is 0 Å². The van der Waals surface area contributed by atoms with Crippen molar-refractivity contribution in [3.63, 3.8) is 0 Å². The number of para-hydroxylation sites is 1. The number of ether oxygens (including phenoxy) is 2. The van der Waals surface area contributed by atoms with Crippen molar-refractivity contribution in [3.8, 4) is 17.2 Å². The van der Waals surface area contributed by atoms with Gasteiger partial charge in [0.05, 0.1) is 5.69 Å². The lowest BCUT2D eigenvalue weighted by molar-refractivity contribution is 0.300. The number of benzene rings is 5. The highest BCUT2D eigenvalue weighted by molar-refractivity contribution is 6.03. The quantitative estimate of drug-likeness (QED) is 0.236. The molecule has 5 aromatic carbocycles. The number of rotatable bonds is 7. The molecule has 0 radical (unpaired) electrons. The van der Waals surface area contributed by atoms with Crippen LogP contribution in [0.3, 0.4) is 0 Å². The maximum absolute atomic E-state index is 14.1. The molecule has 0 aliphatic heterocycles. The molecular weight excluding hydrogens is 425 g/mol. The molecule has 34 heavy (non-hydrogen) atoms. The van der Waals surface area contributed by atoms with Gasteiger partial charge in [0.2, 0.25) is 0 Å². The fourth-order valence-corrected chi connectivity index (χ4v) is 3.67. The van der Waals surface area contributed by atoms with Crippen LogP contribution in [0.4, 0.5) is 10.1 Å². The van der Waals surface area contributed by atoms with E-state index in [1.54, 1.807) is 24.4 Å². The molecule has 0 saturated heterocycles. The van der Waals surface area contributed by atoms with E-state index in [1.807, 2.05) is 91.0 Å². The first kappa shape index (κ1) is 21.4. The molecular formula is C30H22FNO2. The summed E-state index contributed by atoms with van der Waals surface area (Å²) < 4.78 is 26.0. The van der Waals surface area contributed by atoms with Gasteiger partial charge >= 0.3 is 0 Å². The zero-order chi connectivity index (χ0) is 23.2. The summed E-state index contributed by atoms with van der Waals surface area (Å²) in [4.78, 5) is 4.67.